The SMILES string of the molecule is C[B-](C)(c1ccccc1)c1ccccc1. The normalized spacial score (nSPS) is 11.3. The third kappa shape index (κ3) is 1.96. The second-order valence-corrected chi connectivity index (χ2v) is 4.70. The molecule has 0 heterocycles. The molecular formula is C14H16B-. The molecule has 0 saturated carbocycles. The maximum absolute atomic E-state index is 2.32. The fraction of sp³-hybridized carbons (Fsp3) is 0.143. The molecule has 15 heavy (non-hydrogen) atoms. The minimum absolute atomic E-state index is 0.608. The highest BCUT2D eigenvalue weighted by atomic mass is 13.9. The van der Waals surface area contributed by atoms with E-state index in [-0.39, 0.29) is 0 Å². The molecule has 0 spiro atoms. The van der Waals surface area contributed by atoms with Crippen molar-refractivity contribution < 1.29 is 0 Å². The largest absolute Gasteiger partial charge is 0.205 e. The van der Waals surface area contributed by atoms with Gasteiger partial charge in [-0.25, -0.2) is 10.9 Å². The topological polar surface area (TPSA) is 0 Å². The van der Waals surface area contributed by atoms with Gasteiger partial charge in [0.15, 0.2) is 0 Å². The summed E-state index contributed by atoms with van der Waals surface area (Å²) in [5, 5.41) is 0. The number of rotatable bonds is 2. The van der Waals surface area contributed by atoms with Crippen molar-refractivity contribution in [2.24, 2.45) is 0 Å². The van der Waals surface area contributed by atoms with Crippen molar-refractivity contribution in [1.29, 1.82) is 0 Å². The molecule has 0 nitrogen and oxygen atoms in total. The first-order chi connectivity index (χ1) is 7.21. The zero-order chi connectivity index (χ0) is 10.7. The zero-order valence-electron chi connectivity index (χ0n) is 9.35. The van der Waals surface area contributed by atoms with Gasteiger partial charge < -0.3 is 0 Å². The summed E-state index contributed by atoms with van der Waals surface area (Å²) in [5.74, 6) is 0. The molecule has 0 N–H and O–H groups in total. The molecule has 2 aromatic rings. The molecule has 0 bridgehead atoms. The van der Waals surface area contributed by atoms with Crippen LogP contribution in [0.15, 0.2) is 60.7 Å². The summed E-state index contributed by atoms with van der Waals surface area (Å²) < 4.78 is 0. The van der Waals surface area contributed by atoms with Gasteiger partial charge in [-0.3, -0.25) is 0 Å². The Morgan fingerprint density at radius 1 is 0.600 bits per heavy atom. The Bertz CT molecular complexity index is 376. The third-order valence-electron chi connectivity index (χ3n) is 3.27. The molecule has 0 amide bonds. The molecule has 0 saturated heterocycles. The average Bonchev–Trinajstić information content (AvgIpc) is 2.31. The lowest BCUT2D eigenvalue weighted by Gasteiger charge is -2.32. The van der Waals surface area contributed by atoms with Crippen LogP contribution < -0.4 is 10.9 Å². The van der Waals surface area contributed by atoms with E-state index in [0.717, 1.165) is 0 Å². The number of benzene rings is 2. The Morgan fingerprint density at radius 3 is 1.27 bits per heavy atom. The van der Waals surface area contributed by atoms with E-state index in [4.69, 9.17) is 0 Å². The number of hydrogen-bond acceptors (Lipinski definition) is 0. The summed E-state index contributed by atoms with van der Waals surface area (Å²) in [6.07, 6.45) is -0.608. The van der Waals surface area contributed by atoms with Crippen LogP contribution >= 0.6 is 0 Å². The molecule has 0 aliphatic rings. The maximum atomic E-state index is 2.32. The summed E-state index contributed by atoms with van der Waals surface area (Å²) in [5.41, 5.74) is 2.84. The maximum Gasteiger partial charge on any atom is 0.0486 e. The van der Waals surface area contributed by atoms with Crippen LogP contribution in [-0.2, 0) is 0 Å². The van der Waals surface area contributed by atoms with Crippen molar-refractivity contribution in [3.63, 3.8) is 0 Å². The van der Waals surface area contributed by atoms with E-state index < -0.39 is 6.15 Å². The average molecular weight is 195 g/mol. The van der Waals surface area contributed by atoms with Crippen LogP contribution in [0, 0.1) is 0 Å². The van der Waals surface area contributed by atoms with Gasteiger partial charge in [0.2, 0.25) is 0 Å². The van der Waals surface area contributed by atoms with Gasteiger partial charge in [-0.2, -0.15) is 13.6 Å². The predicted molar refractivity (Wildman–Crippen MR) is 69.6 cm³/mol. The van der Waals surface area contributed by atoms with E-state index in [2.05, 4.69) is 74.3 Å². The third-order valence-corrected chi connectivity index (χ3v) is 3.27. The van der Waals surface area contributed by atoms with Crippen molar-refractivity contribution >= 4 is 17.1 Å². The minimum atomic E-state index is -0.608. The molecule has 76 valence electrons. The monoisotopic (exact) mass is 195 g/mol. The molecule has 0 aliphatic heterocycles. The van der Waals surface area contributed by atoms with Gasteiger partial charge in [-0.15, -0.1) is 0 Å². The first-order valence-corrected chi connectivity index (χ1v) is 5.55. The quantitative estimate of drug-likeness (QED) is 0.646. The fourth-order valence-electron chi connectivity index (χ4n) is 2.06. The Kier molecular flexibility index (Phi) is 2.63. The lowest BCUT2D eigenvalue weighted by atomic mass is 9.22. The molecule has 1 heteroatoms. The van der Waals surface area contributed by atoms with Crippen molar-refractivity contribution in [3.8, 4) is 0 Å². The van der Waals surface area contributed by atoms with Gasteiger partial charge in [0.25, 0.3) is 0 Å². The first kappa shape index (κ1) is 10.0. The molecule has 0 fully saturated rings. The first-order valence-electron chi connectivity index (χ1n) is 5.55. The van der Waals surface area contributed by atoms with Gasteiger partial charge in [-0.05, 0) is 0 Å². The highest BCUT2D eigenvalue weighted by Gasteiger charge is 2.15. The van der Waals surface area contributed by atoms with E-state index in [1.807, 2.05) is 0 Å². The molecule has 0 aromatic heterocycles. The summed E-state index contributed by atoms with van der Waals surface area (Å²) in [7, 11) is 0. The second-order valence-electron chi connectivity index (χ2n) is 4.70. The van der Waals surface area contributed by atoms with Gasteiger partial charge in [0, 0.05) is 6.15 Å². The standard InChI is InChI=1S/C14H16B/c1-15(2,13-9-5-3-6-10-13)14-11-7-4-8-12-14/h3-12H,1-2H3/q-1. The summed E-state index contributed by atoms with van der Waals surface area (Å²) in [6, 6.07) is 21.5. The van der Waals surface area contributed by atoms with Crippen LogP contribution in [0.5, 0.6) is 0 Å². The van der Waals surface area contributed by atoms with E-state index in [9.17, 15) is 0 Å². The summed E-state index contributed by atoms with van der Waals surface area (Å²) >= 11 is 0. The predicted octanol–water partition coefficient (Wildman–Crippen LogP) is 2.51. The van der Waals surface area contributed by atoms with Crippen molar-refractivity contribution in [3.05, 3.63) is 60.7 Å². The molecule has 2 aromatic carbocycles. The lowest BCUT2D eigenvalue weighted by molar-refractivity contribution is 1.67. The summed E-state index contributed by atoms with van der Waals surface area (Å²) in [6.45, 7) is 4.65. The van der Waals surface area contributed by atoms with Crippen molar-refractivity contribution in [2.45, 2.75) is 13.6 Å². The van der Waals surface area contributed by atoms with Crippen LogP contribution in [0.25, 0.3) is 0 Å². The highest BCUT2D eigenvalue weighted by Crippen LogP contribution is 2.03. The molecule has 0 aliphatic carbocycles. The Labute approximate surface area is 91.9 Å². The molecule has 0 atom stereocenters. The van der Waals surface area contributed by atoms with E-state index in [1.165, 1.54) is 10.9 Å². The van der Waals surface area contributed by atoms with Crippen LogP contribution in [0.4, 0.5) is 0 Å². The molecule has 0 unspecified atom stereocenters. The van der Waals surface area contributed by atoms with E-state index in [1.54, 1.807) is 0 Å². The molecule has 2 rings (SSSR count). The van der Waals surface area contributed by atoms with Gasteiger partial charge >= 0.3 is 0 Å². The Morgan fingerprint density at radius 2 is 0.933 bits per heavy atom. The van der Waals surface area contributed by atoms with Gasteiger partial charge in [0.05, 0.1) is 0 Å². The van der Waals surface area contributed by atoms with Crippen LogP contribution in [0.3, 0.4) is 0 Å². The number of hydrogen-bond donors (Lipinski definition) is 0. The fourth-order valence-corrected chi connectivity index (χ4v) is 2.06. The van der Waals surface area contributed by atoms with E-state index >= 15 is 0 Å². The van der Waals surface area contributed by atoms with Crippen molar-refractivity contribution in [1.82, 2.24) is 0 Å². The van der Waals surface area contributed by atoms with Crippen LogP contribution in [0.1, 0.15) is 0 Å². The van der Waals surface area contributed by atoms with Crippen LogP contribution in [0.2, 0.25) is 13.6 Å². The molecular weight excluding hydrogens is 179 g/mol. The van der Waals surface area contributed by atoms with Crippen molar-refractivity contribution in [2.75, 3.05) is 0 Å². The van der Waals surface area contributed by atoms with E-state index in [0.29, 0.717) is 0 Å². The molecule has 0 radical (unpaired) electrons. The highest BCUT2D eigenvalue weighted by molar-refractivity contribution is 7.00. The smallest absolute Gasteiger partial charge is 0.0486 e. The van der Waals surface area contributed by atoms with Gasteiger partial charge in [0.1, 0.15) is 0 Å². The van der Waals surface area contributed by atoms with Gasteiger partial charge in [-0.1, -0.05) is 60.7 Å². The second kappa shape index (κ2) is 3.94. The van der Waals surface area contributed by atoms with Crippen LogP contribution in [-0.4, -0.2) is 6.15 Å². The Balaban J connectivity index is 2.44. The zero-order valence-corrected chi connectivity index (χ0v) is 9.35. The lowest BCUT2D eigenvalue weighted by Crippen LogP contribution is -2.52. The Hall–Kier alpha value is -1.50. The minimum Gasteiger partial charge on any atom is -0.205 e. The summed E-state index contributed by atoms with van der Waals surface area (Å²) in [4.78, 5) is 0.